The van der Waals surface area contributed by atoms with Gasteiger partial charge in [-0.2, -0.15) is 5.11 Å². The molecule has 3 N–H and O–H groups in total. The minimum atomic E-state index is -0.693. The first-order valence-corrected chi connectivity index (χ1v) is 12.2. The Morgan fingerprint density at radius 3 is 2.78 bits per heavy atom. The summed E-state index contributed by atoms with van der Waals surface area (Å²) in [7, 11) is 0. The predicted octanol–water partition coefficient (Wildman–Crippen LogP) is 2.65. The molecular weight excluding hydrogens is 476 g/mol. The fraction of sp³-hybridized carbons (Fsp3) is 0.346. The molecule has 2 fully saturated rings. The van der Waals surface area contributed by atoms with Crippen LogP contribution >= 0.6 is 0 Å². The lowest BCUT2D eigenvalue weighted by atomic mass is 10.0. The average molecular weight is 505 g/mol. The normalized spacial score (nSPS) is 19.9. The topological polar surface area (TPSA) is 136 Å². The number of benzene rings is 2. The number of nitrogens with one attached hydrogen (secondary N) is 3. The molecule has 1 unspecified atom stereocenters. The molecule has 192 valence electrons. The predicted molar refractivity (Wildman–Crippen MR) is 134 cm³/mol. The highest BCUT2D eigenvalue weighted by molar-refractivity contribution is 6.05. The summed E-state index contributed by atoms with van der Waals surface area (Å²) in [5.74, 6) is -0.557. The van der Waals surface area contributed by atoms with Crippen molar-refractivity contribution in [2.75, 3.05) is 43.1 Å². The summed E-state index contributed by atoms with van der Waals surface area (Å²) in [4.78, 5) is 40.5. The number of fused-ring (bicyclic) bond motifs is 1. The second-order valence-corrected chi connectivity index (χ2v) is 9.01. The fourth-order valence-corrected chi connectivity index (χ4v) is 4.73. The van der Waals surface area contributed by atoms with Gasteiger partial charge in [0.15, 0.2) is 0 Å². The molecule has 2 saturated heterocycles. The van der Waals surface area contributed by atoms with Gasteiger partial charge in [-0.1, -0.05) is 12.1 Å². The molecule has 3 aliphatic rings. The molecule has 3 amide bonds. The van der Waals surface area contributed by atoms with Crippen molar-refractivity contribution in [1.29, 1.82) is 5.53 Å². The van der Waals surface area contributed by atoms with E-state index in [9.17, 15) is 14.4 Å². The quantitative estimate of drug-likeness (QED) is 0.371. The maximum absolute atomic E-state index is 13.0. The summed E-state index contributed by atoms with van der Waals surface area (Å²) in [6.07, 6.45) is 2.11. The molecular formula is C26H28N6O5. The SMILES string of the molecule is N=N/C(=C\Nc1cccc(N2CCOCC2)c1)COc1cccc2c1CN(C1CCC(=O)NC1=O)C2=O. The number of amides is 3. The summed E-state index contributed by atoms with van der Waals surface area (Å²) in [6, 6.07) is 12.5. The van der Waals surface area contributed by atoms with E-state index in [1.54, 1.807) is 24.4 Å². The lowest BCUT2D eigenvalue weighted by Crippen LogP contribution is -2.52. The van der Waals surface area contributed by atoms with Crippen LogP contribution in [0.1, 0.15) is 28.8 Å². The first-order valence-electron chi connectivity index (χ1n) is 12.2. The minimum absolute atomic E-state index is 0.0166. The number of hydrogen-bond acceptors (Lipinski definition) is 9. The summed E-state index contributed by atoms with van der Waals surface area (Å²) in [5, 5.41) is 9.07. The molecule has 11 heteroatoms. The van der Waals surface area contributed by atoms with Gasteiger partial charge in [-0.25, -0.2) is 5.53 Å². The highest BCUT2D eigenvalue weighted by Gasteiger charge is 2.40. The Morgan fingerprint density at radius 1 is 1.19 bits per heavy atom. The number of morpholine rings is 1. The lowest BCUT2D eigenvalue weighted by Gasteiger charge is -2.29. The molecule has 0 bridgehead atoms. The Morgan fingerprint density at radius 2 is 2.00 bits per heavy atom. The lowest BCUT2D eigenvalue weighted by molar-refractivity contribution is -0.136. The van der Waals surface area contributed by atoms with Crippen molar-refractivity contribution in [2.24, 2.45) is 5.11 Å². The van der Waals surface area contributed by atoms with Crippen molar-refractivity contribution in [1.82, 2.24) is 10.2 Å². The molecule has 0 aromatic heterocycles. The van der Waals surface area contributed by atoms with E-state index in [1.165, 1.54) is 4.90 Å². The third-order valence-electron chi connectivity index (χ3n) is 6.69. The summed E-state index contributed by atoms with van der Waals surface area (Å²) >= 11 is 0. The third kappa shape index (κ3) is 5.31. The van der Waals surface area contributed by atoms with Crippen LogP contribution in [0.3, 0.4) is 0 Å². The number of anilines is 2. The van der Waals surface area contributed by atoms with E-state index in [4.69, 9.17) is 15.0 Å². The zero-order chi connectivity index (χ0) is 25.8. The molecule has 2 aromatic carbocycles. The molecule has 0 radical (unpaired) electrons. The average Bonchev–Trinajstić information content (AvgIpc) is 3.26. The van der Waals surface area contributed by atoms with Crippen LogP contribution < -0.4 is 20.3 Å². The monoisotopic (exact) mass is 504 g/mol. The standard InChI is InChI=1S/C26H28N6O5/c27-30-18(14-28-17-3-1-4-19(13-17)31-9-11-36-12-10-31)16-37-23-6-2-5-20-21(23)15-32(26(20)35)22-7-8-24(33)29-25(22)34/h1-6,13-14,22,27-28H,7-12,15-16H2,(H,29,33,34)/b18-14-,30-27?. The molecule has 1 atom stereocenters. The number of nitrogens with zero attached hydrogens (tertiary/aromatic N) is 3. The van der Waals surface area contributed by atoms with Crippen LogP contribution in [-0.4, -0.2) is 61.6 Å². The van der Waals surface area contributed by atoms with Crippen molar-refractivity contribution < 1.29 is 23.9 Å². The molecule has 11 nitrogen and oxygen atoms in total. The highest BCUT2D eigenvalue weighted by atomic mass is 16.5. The van der Waals surface area contributed by atoms with Gasteiger partial charge in [0.1, 0.15) is 24.1 Å². The number of ether oxygens (including phenoxy) is 2. The van der Waals surface area contributed by atoms with E-state index in [-0.39, 0.29) is 31.4 Å². The fourth-order valence-electron chi connectivity index (χ4n) is 4.73. The summed E-state index contributed by atoms with van der Waals surface area (Å²) < 4.78 is 11.4. The third-order valence-corrected chi connectivity index (χ3v) is 6.69. The minimum Gasteiger partial charge on any atom is -0.487 e. The molecule has 37 heavy (non-hydrogen) atoms. The van der Waals surface area contributed by atoms with Gasteiger partial charge in [0.25, 0.3) is 5.91 Å². The first kappa shape index (κ1) is 24.4. The van der Waals surface area contributed by atoms with Crippen LogP contribution in [0.25, 0.3) is 0 Å². The second kappa shape index (κ2) is 10.8. The van der Waals surface area contributed by atoms with Crippen molar-refractivity contribution in [3.05, 3.63) is 65.5 Å². The largest absolute Gasteiger partial charge is 0.487 e. The number of carbonyl (C=O) groups excluding carboxylic acids is 3. The van der Waals surface area contributed by atoms with Gasteiger partial charge in [0.05, 0.1) is 19.8 Å². The van der Waals surface area contributed by atoms with Crippen LogP contribution in [0.4, 0.5) is 11.4 Å². The molecule has 0 saturated carbocycles. The van der Waals surface area contributed by atoms with Gasteiger partial charge in [0.2, 0.25) is 11.8 Å². The zero-order valence-electron chi connectivity index (χ0n) is 20.2. The van der Waals surface area contributed by atoms with Crippen molar-refractivity contribution in [2.45, 2.75) is 25.4 Å². The van der Waals surface area contributed by atoms with Crippen LogP contribution in [0.2, 0.25) is 0 Å². The number of hydrogen-bond donors (Lipinski definition) is 3. The smallest absolute Gasteiger partial charge is 0.255 e. The number of carbonyl (C=O) groups is 3. The van der Waals surface area contributed by atoms with Gasteiger partial charge >= 0.3 is 0 Å². The van der Waals surface area contributed by atoms with Crippen LogP contribution in [-0.2, 0) is 20.9 Å². The number of piperidine rings is 1. The maximum atomic E-state index is 13.0. The highest BCUT2D eigenvalue weighted by Crippen LogP contribution is 2.33. The Kier molecular flexibility index (Phi) is 7.13. The maximum Gasteiger partial charge on any atom is 0.255 e. The molecule has 0 aliphatic carbocycles. The van der Waals surface area contributed by atoms with E-state index in [2.05, 4.69) is 26.7 Å². The number of imide groups is 1. The Bertz CT molecular complexity index is 1260. The van der Waals surface area contributed by atoms with E-state index < -0.39 is 11.9 Å². The number of rotatable bonds is 8. The van der Waals surface area contributed by atoms with Gasteiger partial charge in [-0.05, 0) is 36.8 Å². The zero-order valence-corrected chi connectivity index (χ0v) is 20.2. The Balaban J connectivity index is 1.24. The van der Waals surface area contributed by atoms with Crippen LogP contribution in [0.5, 0.6) is 5.75 Å². The van der Waals surface area contributed by atoms with E-state index in [1.807, 2.05) is 18.2 Å². The van der Waals surface area contributed by atoms with E-state index in [0.717, 1.165) is 24.5 Å². The molecule has 0 spiro atoms. The Hall–Kier alpha value is -4.25. The molecule has 3 heterocycles. The van der Waals surface area contributed by atoms with Crippen molar-refractivity contribution in [3.63, 3.8) is 0 Å². The Labute approximate surface area is 213 Å². The van der Waals surface area contributed by atoms with Gasteiger partial charge < -0.3 is 24.6 Å². The van der Waals surface area contributed by atoms with E-state index >= 15 is 0 Å². The van der Waals surface area contributed by atoms with Crippen LogP contribution in [0, 0.1) is 5.53 Å². The van der Waals surface area contributed by atoms with Crippen LogP contribution in [0.15, 0.2) is 59.5 Å². The van der Waals surface area contributed by atoms with Gasteiger partial charge in [0, 0.05) is 48.2 Å². The summed E-state index contributed by atoms with van der Waals surface area (Å²) in [6.45, 7) is 3.31. The van der Waals surface area contributed by atoms with E-state index in [0.29, 0.717) is 42.2 Å². The van der Waals surface area contributed by atoms with Crippen molar-refractivity contribution >= 4 is 29.1 Å². The van der Waals surface area contributed by atoms with Gasteiger partial charge in [-0.3, -0.25) is 19.7 Å². The summed E-state index contributed by atoms with van der Waals surface area (Å²) in [5.41, 5.74) is 11.0. The molecule has 3 aliphatic heterocycles. The van der Waals surface area contributed by atoms with Crippen molar-refractivity contribution in [3.8, 4) is 5.75 Å². The second-order valence-electron chi connectivity index (χ2n) is 9.01. The molecule has 5 rings (SSSR count). The first-order chi connectivity index (χ1) is 18.0. The van der Waals surface area contributed by atoms with Gasteiger partial charge in [-0.15, -0.1) is 0 Å². The molecule has 2 aromatic rings.